The number of aromatic nitrogens is 1. The Bertz CT molecular complexity index is 924. The number of benzene rings is 1. The number of carboxylic acid groups (broad SMARTS) is 1. The fraction of sp³-hybridized carbons (Fsp3) is 0.654. The molecule has 4 aliphatic rings. The molecule has 1 N–H and O–H groups in total. The van der Waals surface area contributed by atoms with Crippen LogP contribution < -0.4 is 0 Å². The van der Waals surface area contributed by atoms with Gasteiger partial charge in [0.2, 0.25) is 0 Å². The summed E-state index contributed by atoms with van der Waals surface area (Å²) in [6, 6.07) is 11.2. The summed E-state index contributed by atoms with van der Waals surface area (Å²) in [7, 11) is 0. The zero-order valence-corrected chi connectivity index (χ0v) is 17.9. The quantitative estimate of drug-likeness (QED) is 0.739. The van der Waals surface area contributed by atoms with Crippen LogP contribution in [0.5, 0.6) is 0 Å². The smallest absolute Gasteiger partial charge is 0.307 e. The van der Waals surface area contributed by atoms with Gasteiger partial charge in [0.05, 0.1) is 6.42 Å². The molecule has 4 bridgehead atoms. The maximum Gasteiger partial charge on any atom is 0.307 e. The highest BCUT2D eigenvalue weighted by Gasteiger charge is 2.46. The van der Waals surface area contributed by atoms with Crippen LogP contribution in [0.15, 0.2) is 30.5 Å². The van der Waals surface area contributed by atoms with Crippen LogP contribution in [0.2, 0.25) is 0 Å². The highest BCUT2D eigenvalue weighted by atomic mass is 16.4. The lowest BCUT2D eigenvalue weighted by Crippen LogP contribution is -2.52. The Balaban J connectivity index is 1.26. The van der Waals surface area contributed by atoms with Crippen LogP contribution in [-0.4, -0.2) is 38.7 Å². The number of aliphatic carboxylic acids is 1. The highest BCUT2D eigenvalue weighted by Crippen LogP contribution is 2.48. The predicted octanol–water partition coefficient (Wildman–Crippen LogP) is 5.41. The molecule has 4 atom stereocenters. The van der Waals surface area contributed by atoms with Crippen LogP contribution in [0, 0.1) is 11.8 Å². The summed E-state index contributed by atoms with van der Waals surface area (Å²) >= 11 is 0. The van der Waals surface area contributed by atoms with Crippen molar-refractivity contribution in [3.63, 3.8) is 0 Å². The second-order valence-electron chi connectivity index (χ2n) is 10.6. The molecule has 0 spiro atoms. The molecule has 4 fully saturated rings. The van der Waals surface area contributed by atoms with Crippen LogP contribution >= 0.6 is 0 Å². The second-order valence-corrected chi connectivity index (χ2v) is 10.6. The van der Waals surface area contributed by atoms with Crippen LogP contribution in [0.1, 0.15) is 75.8 Å². The van der Waals surface area contributed by atoms with E-state index in [1.54, 1.807) is 0 Å². The van der Waals surface area contributed by atoms with E-state index < -0.39 is 5.97 Å². The summed E-state index contributed by atoms with van der Waals surface area (Å²) in [5.41, 5.74) is 2.19. The number of rotatable bonds is 4. The van der Waals surface area contributed by atoms with Gasteiger partial charge in [-0.1, -0.05) is 37.5 Å². The first-order chi connectivity index (χ1) is 14.7. The number of nitrogens with zero attached hydrogens (tertiary/aromatic N) is 2. The van der Waals surface area contributed by atoms with Crippen molar-refractivity contribution in [2.75, 3.05) is 0 Å². The Morgan fingerprint density at radius 3 is 2.27 bits per heavy atom. The molecule has 2 saturated carbocycles. The van der Waals surface area contributed by atoms with E-state index in [0.717, 1.165) is 40.9 Å². The second kappa shape index (κ2) is 7.40. The molecule has 160 valence electrons. The first-order valence-corrected chi connectivity index (χ1v) is 12.2. The predicted molar refractivity (Wildman–Crippen MR) is 119 cm³/mol. The Morgan fingerprint density at radius 1 is 0.867 bits per heavy atom. The number of hydrogen-bond acceptors (Lipinski definition) is 2. The molecule has 2 aromatic rings. The van der Waals surface area contributed by atoms with Crippen molar-refractivity contribution in [3.05, 3.63) is 36.0 Å². The standard InChI is InChI=1S/C26H34N2O2/c29-26(30)13-19-16-27(25-7-2-1-6-24(19)25)22-14-20-8-9-21(15-22)28(20)23-11-17-4-3-5-18(10-17)12-23/h1-2,6-7,16-18,20-23H,3-5,8-15H2,(H,29,30). The van der Waals surface area contributed by atoms with Crippen LogP contribution in [-0.2, 0) is 11.2 Å². The first-order valence-electron chi connectivity index (χ1n) is 12.2. The van der Waals surface area contributed by atoms with E-state index >= 15 is 0 Å². The van der Waals surface area contributed by atoms with Gasteiger partial charge >= 0.3 is 5.97 Å². The summed E-state index contributed by atoms with van der Waals surface area (Å²) in [6.45, 7) is 0. The Kier molecular flexibility index (Phi) is 4.67. The van der Waals surface area contributed by atoms with E-state index in [1.165, 1.54) is 69.7 Å². The van der Waals surface area contributed by atoms with E-state index in [-0.39, 0.29) is 6.42 Å². The van der Waals surface area contributed by atoms with Gasteiger partial charge in [0, 0.05) is 41.3 Å². The van der Waals surface area contributed by atoms with Crippen molar-refractivity contribution in [1.29, 1.82) is 0 Å². The molecular formula is C26H34N2O2. The normalized spacial score (nSPS) is 36.3. The molecule has 0 radical (unpaired) electrons. The summed E-state index contributed by atoms with van der Waals surface area (Å²) in [5, 5.41) is 10.5. The van der Waals surface area contributed by atoms with Crippen molar-refractivity contribution in [2.45, 2.75) is 94.8 Å². The number of para-hydroxylation sites is 1. The molecule has 2 saturated heterocycles. The van der Waals surface area contributed by atoms with Crippen molar-refractivity contribution < 1.29 is 9.90 Å². The number of piperidine rings is 1. The van der Waals surface area contributed by atoms with Crippen molar-refractivity contribution in [1.82, 2.24) is 9.47 Å². The third kappa shape index (κ3) is 3.19. The Hall–Kier alpha value is -1.81. The molecule has 0 amide bonds. The third-order valence-electron chi connectivity index (χ3n) is 8.85. The zero-order valence-electron chi connectivity index (χ0n) is 17.9. The molecule has 1 aromatic carbocycles. The molecular weight excluding hydrogens is 372 g/mol. The van der Waals surface area contributed by atoms with Gasteiger partial charge in [0.1, 0.15) is 0 Å². The average molecular weight is 407 g/mol. The van der Waals surface area contributed by atoms with Crippen molar-refractivity contribution in [3.8, 4) is 0 Å². The Morgan fingerprint density at radius 2 is 1.57 bits per heavy atom. The van der Waals surface area contributed by atoms with E-state index in [1.807, 2.05) is 6.07 Å². The lowest BCUT2D eigenvalue weighted by molar-refractivity contribution is -0.136. The largest absolute Gasteiger partial charge is 0.481 e. The minimum absolute atomic E-state index is 0.115. The highest BCUT2D eigenvalue weighted by molar-refractivity contribution is 5.87. The zero-order chi connectivity index (χ0) is 20.2. The molecule has 6 rings (SSSR count). The lowest BCUT2D eigenvalue weighted by atomic mass is 9.69. The van der Waals surface area contributed by atoms with Gasteiger partial charge in [-0.25, -0.2) is 0 Å². The van der Waals surface area contributed by atoms with Gasteiger partial charge in [-0.3, -0.25) is 9.69 Å². The minimum atomic E-state index is -0.740. The first kappa shape index (κ1) is 18.9. The van der Waals surface area contributed by atoms with E-state index in [0.29, 0.717) is 6.04 Å². The monoisotopic (exact) mass is 406 g/mol. The van der Waals surface area contributed by atoms with Gasteiger partial charge in [0.15, 0.2) is 0 Å². The van der Waals surface area contributed by atoms with Gasteiger partial charge in [-0.2, -0.15) is 0 Å². The van der Waals surface area contributed by atoms with Crippen LogP contribution in [0.3, 0.4) is 0 Å². The molecule has 1 aromatic heterocycles. The van der Waals surface area contributed by atoms with E-state index in [9.17, 15) is 9.90 Å². The molecule has 4 unspecified atom stereocenters. The summed E-state index contributed by atoms with van der Waals surface area (Å²) < 4.78 is 2.44. The molecule has 4 nitrogen and oxygen atoms in total. The van der Waals surface area contributed by atoms with Gasteiger partial charge in [-0.05, 0) is 68.4 Å². The minimum Gasteiger partial charge on any atom is -0.481 e. The SMILES string of the molecule is O=C(O)Cc1cn(C2CC3CCC(C2)N3C2CC3CCCC(C3)C2)c2ccccc12. The number of hydrogen-bond donors (Lipinski definition) is 1. The number of carbonyl (C=O) groups is 1. The third-order valence-corrected chi connectivity index (χ3v) is 8.85. The molecule has 4 heteroatoms. The molecule has 2 aliphatic carbocycles. The van der Waals surface area contributed by atoms with Gasteiger partial charge in [0.25, 0.3) is 0 Å². The summed E-state index contributed by atoms with van der Waals surface area (Å²) in [4.78, 5) is 14.4. The topological polar surface area (TPSA) is 45.5 Å². The van der Waals surface area contributed by atoms with Crippen molar-refractivity contribution >= 4 is 16.9 Å². The fourth-order valence-electron chi connectivity index (χ4n) is 7.83. The van der Waals surface area contributed by atoms with Gasteiger partial charge < -0.3 is 9.67 Å². The van der Waals surface area contributed by atoms with Crippen molar-refractivity contribution in [2.24, 2.45) is 11.8 Å². The molecule has 3 heterocycles. The number of carboxylic acids is 1. The van der Waals surface area contributed by atoms with Crippen LogP contribution in [0.4, 0.5) is 0 Å². The average Bonchev–Trinajstić information content (AvgIpc) is 3.22. The summed E-state index contributed by atoms with van der Waals surface area (Å²) in [5.74, 6) is 1.24. The maximum absolute atomic E-state index is 11.4. The molecule has 30 heavy (non-hydrogen) atoms. The maximum atomic E-state index is 11.4. The molecule has 2 aliphatic heterocycles. The van der Waals surface area contributed by atoms with Crippen LogP contribution in [0.25, 0.3) is 10.9 Å². The Labute approximate surface area is 179 Å². The van der Waals surface area contributed by atoms with E-state index in [4.69, 9.17) is 0 Å². The fourth-order valence-corrected chi connectivity index (χ4v) is 7.83. The lowest BCUT2D eigenvalue weighted by Gasteiger charge is -2.49. The summed E-state index contributed by atoms with van der Waals surface area (Å²) in [6.07, 6.45) is 16.3. The number of fused-ring (bicyclic) bond motifs is 5. The van der Waals surface area contributed by atoms with E-state index in [2.05, 4.69) is 33.9 Å². The van der Waals surface area contributed by atoms with Gasteiger partial charge in [-0.15, -0.1) is 0 Å².